The van der Waals surface area contributed by atoms with Crippen LogP contribution in [-0.2, 0) is 21.7 Å². The molecule has 1 N–H and O–H groups in total. The normalized spacial score (nSPS) is 18.4. The maximum Gasteiger partial charge on any atom is 0.230 e. The average molecular weight is 431 g/mol. The van der Waals surface area contributed by atoms with Crippen LogP contribution in [0.3, 0.4) is 0 Å². The molecule has 1 fully saturated rings. The second kappa shape index (κ2) is 7.09. The summed E-state index contributed by atoms with van der Waals surface area (Å²) in [4.78, 5) is 18.9. The van der Waals surface area contributed by atoms with E-state index in [1.54, 1.807) is 30.6 Å². The lowest BCUT2D eigenvalue weighted by atomic mass is 10.1. The summed E-state index contributed by atoms with van der Waals surface area (Å²) in [6, 6.07) is 8.72. The fraction of sp³-hybridized carbons (Fsp3) is 0.333. The van der Waals surface area contributed by atoms with E-state index in [0.717, 1.165) is 22.5 Å². The Morgan fingerprint density at radius 3 is 2.60 bits per heavy atom. The predicted octanol–water partition coefficient (Wildman–Crippen LogP) is 3.35. The summed E-state index contributed by atoms with van der Waals surface area (Å²) in [7, 11) is 0.427. The number of aryl methyl sites for hydroxylation is 2. The SMILES string of the molecule is Cc1cc(S(C)(=O)=O)ccc1N(C)c1cc(NC(=O)[C@H]2C[C@H]2F)c2ncn(C)c2c1. The van der Waals surface area contributed by atoms with Gasteiger partial charge in [-0.05, 0) is 49.2 Å². The Hall–Kier alpha value is -2.94. The molecule has 1 aliphatic carbocycles. The van der Waals surface area contributed by atoms with Crippen molar-refractivity contribution in [1.82, 2.24) is 9.55 Å². The topological polar surface area (TPSA) is 84.3 Å². The van der Waals surface area contributed by atoms with E-state index in [1.165, 1.54) is 6.26 Å². The number of hydrogen-bond acceptors (Lipinski definition) is 5. The Morgan fingerprint density at radius 1 is 1.30 bits per heavy atom. The molecule has 3 aromatic rings. The van der Waals surface area contributed by atoms with Gasteiger partial charge in [-0.1, -0.05) is 0 Å². The van der Waals surface area contributed by atoms with Gasteiger partial charge in [0, 0.05) is 31.7 Å². The minimum Gasteiger partial charge on any atom is -0.344 e. The van der Waals surface area contributed by atoms with Crippen molar-refractivity contribution in [1.29, 1.82) is 0 Å². The number of aromatic nitrogens is 2. The van der Waals surface area contributed by atoms with Gasteiger partial charge in [0.1, 0.15) is 11.7 Å². The maximum absolute atomic E-state index is 13.3. The zero-order chi connectivity index (χ0) is 21.8. The zero-order valence-electron chi connectivity index (χ0n) is 17.2. The number of hydrogen-bond donors (Lipinski definition) is 1. The standard InChI is InChI=1S/C21H23FN4O3S/c1-12-7-14(30(4,28)29)5-6-18(12)26(3)13-8-17(24-21(27)15-10-16(15)22)20-19(9-13)25(2)11-23-20/h5-9,11,15-16H,10H2,1-4H3,(H,24,27)/t15-,16+/m0/s1. The molecule has 1 aromatic heterocycles. The average Bonchev–Trinajstić information content (AvgIpc) is 3.30. The Balaban J connectivity index is 1.75. The van der Waals surface area contributed by atoms with Crippen LogP contribution in [-0.4, -0.2) is 43.4 Å². The van der Waals surface area contributed by atoms with E-state index in [-0.39, 0.29) is 17.2 Å². The molecule has 9 heteroatoms. The molecule has 0 spiro atoms. The molecule has 1 saturated carbocycles. The van der Waals surface area contributed by atoms with Crippen molar-refractivity contribution in [2.75, 3.05) is 23.5 Å². The number of amides is 1. The van der Waals surface area contributed by atoms with Gasteiger partial charge in [-0.25, -0.2) is 17.8 Å². The van der Waals surface area contributed by atoms with E-state index in [9.17, 15) is 17.6 Å². The van der Waals surface area contributed by atoms with Gasteiger partial charge in [-0.2, -0.15) is 0 Å². The summed E-state index contributed by atoms with van der Waals surface area (Å²) in [6.07, 6.45) is 2.01. The Kier molecular flexibility index (Phi) is 4.80. The number of sulfone groups is 1. The van der Waals surface area contributed by atoms with Crippen molar-refractivity contribution in [3.63, 3.8) is 0 Å². The third-order valence-corrected chi connectivity index (χ3v) is 6.58. The molecular weight excluding hydrogens is 407 g/mol. The smallest absolute Gasteiger partial charge is 0.230 e. The minimum atomic E-state index is -3.29. The predicted molar refractivity (Wildman–Crippen MR) is 115 cm³/mol. The van der Waals surface area contributed by atoms with Gasteiger partial charge in [0.15, 0.2) is 9.84 Å². The first-order chi connectivity index (χ1) is 14.1. The number of imidazole rings is 1. The summed E-state index contributed by atoms with van der Waals surface area (Å²) in [5.74, 6) is -0.945. The molecule has 0 aliphatic heterocycles. The van der Waals surface area contributed by atoms with Crippen molar-refractivity contribution >= 4 is 43.8 Å². The van der Waals surface area contributed by atoms with Crippen LogP contribution >= 0.6 is 0 Å². The van der Waals surface area contributed by atoms with Crippen LogP contribution in [0, 0.1) is 12.8 Å². The first-order valence-corrected chi connectivity index (χ1v) is 11.4. The van der Waals surface area contributed by atoms with Crippen LogP contribution in [0.4, 0.5) is 21.5 Å². The highest BCUT2D eigenvalue weighted by Crippen LogP contribution is 2.37. The lowest BCUT2D eigenvalue weighted by Crippen LogP contribution is -2.17. The van der Waals surface area contributed by atoms with Crippen LogP contribution < -0.4 is 10.2 Å². The third kappa shape index (κ3) is 3.65. The van der Waals surface area contributed by atoms with Gasteiger partial charge in [0.25, 0.3) is 0 Å². The second-order valence-corrected chi connectivity index (χ2v) is 9.86. The number of nitrogens with one attached hydrogen (secondary N) is 1. The van der Waals surface area contributed by atoms with E-state index in [4.69, 9.17) is 0 Å². The molecule has 4 rings (SSSR count). The summed E-state index contributed by atoms with van der Waals surface area (Å²) >= 11 is 0. The largest absolute Gasteiger partial charge is 0.344 e. The lowest BCUT2D eigenvalue weighted by molar-refractivity contribution is -0.117. The molecule has 1 amide bonds. The first kappa shape index (κ1) is 20.3. The van der Waals surface area contributed by atoms with Crippen molar-refractivity contribution in [2.45, 2.75) is 24.4 Å². The van der Waals surface area contributed by atoms with Crippen molar-refractivity contribution < 1.29 is 17.6 Å². The third-order valence-electron chi connectivity index (χ3n) is 5.47. The van der Waals surface area contributed by atoms with Gasteiger partial charge >= 0.3 is 0 Å². The summed E-state index contributed by atoms with van der Waals surface area (Å²) in [6.45, 7) is 1.85. The van der Waals surface area contributed by atoms with Crippen LogP contribution in [0.5, 0.6) is 0 Å². The number of halogens is 1. The quantitative estimate of drug-likeness (QED) is 0.671. The molecule has 7 nitrogen and oxygen atoms in total. The van der Waals surface area contributed by atoms with Crippen molar-refractivity contribution in [2.24, 2.45) is 13.0 Å². The van der Waals surface area contributed by atoms with Crippen molar-refractivity contribution in [3.8, 4) is 0 Å². The minimum absolute atomic E-state index is 0.253. The highest BCUT2D eigenvalue weighted by molar-refractivity contribution is 7.90. The second-order valence-electron chi connectivity index (χ2n) is 7.84. The summed E-state index contributed by atoms with van der Waals surface area (Å²) in [5, 5.41) is 2.82. The lowest BCUT2D eigenvalue weighted by Gasteiger charge is -2.23. The molecular formula is C21H23FN4O3S. The maximum atomic E-state index is 13.3. The molecule has 2 atom stereocenters. The van der Waals surface area contributed by atoms with Crippen LogP contribution in [0.15, 0.2) is 41.6 Å². The number of carbonyl (C=O) groups is 1. The number of carbonyl (C=O) groups excluding carboxylic acids is 1. The molecule has 158 valence electrons. The number of alkyl halides is 1. The molecule has 2 aromatic carbocycles. The molecule has 1 heterocycles. The Bertz CT molecular complexity index is 1270. The highest BCUT2D eigenvalue weighted by atomic mass is 32.2. The molecule has 0 saturated heterocycles. The molecule has 0 bridgehead atoms. The molecule has 0 unspecified atom stereocenters. The van der Waals surface area contributed by atoms with E-state index in [1.807, 2.05) is 36.6 Å². The van der Waals surface area contributed by atoms with Gasteiger partial charge in [0.2, 0.25) is 5.91 Å². The fourth-order valence-electron chi connectivity index (χ4n) is 3.54. The molecule has 0 radical (unpaired) electrons. The summed E-state index contributed by atoms with van der Waals surface area (Å²) in [5.41, 5.74) is 4.37. The van der Waals surface area contributed by atoms with E-state index in [0.29, 0.717) is 11.2 Å². The van der Waals surface area contributed by atoms with Gasteiger partial charge in [0.05, 0.1) is 28.3 Å². The number of benzene rings is 2. The zero-order valence-corrected chi connectivity index (χ0v) is 18.0. The first-order valence-electron chi connectivity index (χ1n) is 9.50. The Morgan fingerprint density at radius 2 is 2.00 bits per heavy atom. The Labute approximate surface area is 174 Å². The number of anilines is 3. The molecule has 30 heavy (non-hydrogen) atoms. The van der Waals surface area contributed by atoms with E-state index in [2.05, 4.69) is 10.3 Å². The monoisotopic (exact) mass is 430 g/mol. The fourth-order valence-corrected chi connectivity index (χ4v) is 4.25. The molecule has 1 aliphatic rings. The van der Waals surface area contributed by atoms with Gasteiger partial charge in [-0.3, -0.25) is 4.79 Å². The number of fused-ring (bicyclic) bond motifs is 1. The number of rotatable bonds is 5. The van der Waals surface area contributed by atoms with E-state index >= 15 is 0 Å². The highest BCUT2D eigenvalue weighted by Gasteiger charge is 2.43. The number of nitrogens with zero attached hydrogens (tertiary/aromatic N) is 3. The van der Waals surface area contributed by atoms with Crippen molar-refractivity contribution in [3.05, 3.63) is 42.2 Å². The van der Waals surface area contributed by atoms with Crippen LogP contribution in [0.25, 0.3) is 11.0 Å². The van der Waals surface area contributed by atoms with Gasteiger partial charge < -0.3 is 14.8 Å². The van der Waals surface area contributed by atoms with Crippen LogP contribution in [0.1, 0.15) is 12.0 Å². The van der Waals surface area contributed by atoms with Crippen LogP contribution in [0.2, 0.25) is 0 Å². The summed E-state index contributed by atoms with van der Waals surface area (Å²) < 4.78 is 38.8. The van der Waals surface area contributed by atoms with Gasteiger partial charge in [-0.15, -0.1) is 0 Å². The van der Waals surface area contributed by atoms with E-state index < -0.39 is 21.9 Å².